The summed E-state index contributed by atoms with van der Waals surface area (Å²) in [6, 6.07) is 0. The lowest BCUT2D eigenvalue weighted by atomic mass is 9.73. The van der Waals surface area contributed by atoms with Gasteiger partial charge in [-0.2, -0.15) is 0 Å². The predicted molar refractivity (Wildman–Crippen MR) is 80.7 cm³/mol. The van der Waals surface area contributed by atoms with Crippen LogP contribution in [0, 0.1) is 5.41 Å². The van der Waals surface area contributed by atoms with E-state index < -0.39 is 0 Å². The minimum absolute atomic E-state index is 0.277. The van der Waals surface area contributed by atoms with E-state index in [2.05, 4.69) is 16.8 Å². The molecule has 0 aliphatic carbocycles. The molecule has 1 amide bonds. The lowest BCUT2D eigenvalue weighted by Crippen LogP contribution is -2.43. The molecule has 20 heavy (non-hydrogen) atoms. The fraction of sp³-hybridized carbons (Fsp3) is 0.938. The summed E-state index contributed by atoms with van der Waals surface area (Å²) in [6.45, 7) is 7.60. The summed E-state index contributed by atoms with van der Waals surface area (Å²) in [5.41, 5.74) is 0.515. The average molecular weight is 282 g/mol. The van der Waals surface area contributed by atoms with Gasteiger partial charge in [0.25, 0.3) is 0 Å². The highest BCUT2D eigenvalue weighted by atomic mass is 16.5. The van der Waals surface area contributed by atoms with Crippen LogP contribution in [0.4, 0.5) is 0 Å². The second-order valence-electron chi connectivity index (χ2n) is 6.48. The normalized spacial score (nSPS) is 23.8. The first-order valence-electron chi connectivity index (χ1n) is 8.19. The predicted octanol–water partition coefficient (Wildman–Crippen LogP) is 2.14. The summed E-state index contributed by atoms with van der Waals surface area (Å²) in [4.78, 5) is 16.6. The number of rotatable bonds is 4. The highest BCUT2D eigenvalue weighted by molar-refractivity contribution is 5.76. The molecule has 116 valence electrons. The van der Waals surface area contributed by atoms with Crippen LogP contribution < -0.4 is 0 Å². The number of likely N-dealkylation sites (tertiary alicyclic amines) is 2. The molecule has 2 heterocycles. The van der Waals surface area contributed by atoms with Gasteiger partial charge in [-0.15, -0.1) is 0 Å². The van der Waals surface area contributed by atoms with E-state index in [0.717, 1.165) is 13.1 Å². The number of hydrogen-bond donors (Lipinski definition) is 0. The minimum Gasteiger partial charge on any atom is -0.381 e. The SMILES string of the molecule is CCOCCC(=O)N1CCC2(CCCN(C)CC2)CC1. The first kappa shape index (κ1) is 15.8. The zero-order valence-corrected chi connectivity index (χ0v) is 13.2. The van der Waals surface area contributed by atoms with Gasteiger partial charge < -0.3 is 14.5 Å². The molecule has 0 radical (unpaired) electrons. The number of hydrogen-bond acceptors (Lipinski definition) is 3. The Kier molecular flexibility index (Phi) is 5.85. The molecule has 0 aromatic rings. The number of amides is 1. The molecule has 0 N–H and O–H groups in total. The Bertz CT molecular complexity index is 312. The van der Waals surface area contributed by atoms with Gasteiger partial charge >= 0.3 is 0 Å². The van der Waals surface area contributed by atoms with E-state index in [9.17, 15) is 4.79 Å². The largest absolute Gasteiger partial charge is 0.381 e. The fourth-order valence-corrected chi connectivity index (χ4v) is 3.58. The van der Waals surface area contributed by atoms with Gasteiger partial charge in [-0.05, 0) is 64.6 Å². The van der Waals surface area contributed by atoms with Crippen molar-refractivity contribution in [2.45, 2.75) is 45.4 Å². The van der Waals surface area contributed by atoms with E-state index in [0.29, 0.717) is 25.0 Å². The van der Waals surface area contributed by atoms with Gasteiger partial charge in [0.15, 0.2) is 0 Å². The summed E-state index contributed by atoms with van der Waals surface area (Å²) in [5.74, 6) is 0.277. The van der Waals surface area contributed by atoms with Crippen molar-refractivity contribution >= 4 is 5.91 Å². The van der Waals surface area contributed by atoms with Crippen molar-refractivity contribution in [1.82, 2.24) is 9.80 Å². The van der Waals surface area contributed by atoms with Crippen molar-refractivity contribution in [3.05, 3.63) is 0 Å². The van der Waals surface area contributed by atoms with E-state index >= 15 is 0 Å². The quantitative estimate of drug-likeness (QED) is 0.741. The molecular weight excluding hydrogens is 252 g/mol. The summed E-state index contributed by atoms with van der Waals surface area (Å²) in [7, 11) is 2.23. The topological polar surface area (TPSA) is 32.8 Å². The van der Waals surface area contributed by atoms with Crippen molar-refractivity contribution in [3.8, 4) is 0 Å². The van der Waals surface area contributed by atoms with Crippen molar-refractivity contribution in [1.29, 1.82) is 0 Å². The summed E-state index contributed by atoms with van der Waals surface area (Å²) in [5, 5.41) is 0. The molecule has 2 fully saturated rings. The van der Waals surface area contributed by atoms with Crippen molar-refractivity contribution in [2.75, 3.05) is 46.4 Å². The third-order valence-corrected chi connectivity index (χ3v) is 5.11. The van der Waals surface area contributed by atoms with Crippen LogP contribution in [0.25, 0.3) is 0 Å². The maximum Gasteiger partial charge on any atom is 0.224 e. The second-order valence-corrected chi connectivity index (χ2v) is 6.48. The van der Waals surface area contributed by atoms with Gasteiger partial charge in [0.05, 0.1) is 13.0 Å². The van der Waals surface area contributed by atoms with Crippen LogP contribution in [0.3, 0.4) is 0 Å². The zero-order valence-electron chi connectivity index (χ0n) is 13.2. The molecule has 2 saturated heterocycles. The van der Waals surface area contributed by atoms with Crippen LogP contribution in [0.2, 0.25) is 0 Å². The minimum atomic E-state index is 0.277. The molecule has 2 aliphatic rings. The molecule has 2 aliphatic heterocycles. The van der Waals surface area contributed by atoms with Gasteiger partial charge in [-0.25, -0.2) is 0 Å². The fourth-order valence-electron chi connectivity index (χ4n) is 3.58. The molecule has 2 rings (SSSR count). The van der Waals surface area contributed by atoms with Crippen LogP contribution >= 0.6 is 0 Å². The lowest BCUT2D eigenvalue weighted by Gasteiger charge is -2.41. The third-order valence-electron chi connectivity index (χ3n) is 5.11. The van der Waals surface area contributed by atoms with Gasteiger partial charge in [0, 0.05) is 19.7 Å². The molecule has 1 spiro atoms. The van der Waals surface area contributed by atoms with Crippen molar-refractivity contribution in [2.24, 2.45) is 5.41 Å². The number of nitrogens with zero attached hydrogens (tertiary/aromatic N) is 2. The second kappa shape index (κ2) is 7.41. The average Bonchev–Trinajstić information content (AvgIpc) is 2.63. The molecule has 0 aromatic heterocycles. The molecule has 0 atom stereocenters. The first-order valence-corrected chi connectivity index (χ1v) is 8.19. The molecule has 4 heteroatoms. The number of ether oxygens (including phenoxy) is 1. The Morgan fingerprint density at radius 3 is 2.50 bits per heavy atom. The van der Waals surface area contributed by atoms with Crippen molar-refractivity contribution in [3.63, 3.8) is 0 Å². The first-order chi connectivity index (χ1) is 9.65. The van der Waals surface area contributed by atoms with Gasteiger partial charge in [-0.3, -0.25) is 4.79 Å². The molecule has 0 saturated carbocycles. The van der Waals surface area contributed by atoms with E-state index in [1.54, 1.807) is 0 Å². The summed E-state index contributed by atoms with van der Waals surface area (Å²) < 4.78 is 5.28. The monoisotopic (exact) mass is 282 g/mol. The van der Waals surface area contributed by atoms with Crippen LogP contribution in [-0.4, -0.2) is 62.1 Å². The summed E-state index contributed by atoms with van der Waals surface area (Å²) >= 11 is 0. The van der Waals surface area contributed by atoms with E-state index in [-0.39, 0.29) is 5.91 Å². The molecular formula is C16H30N2O2. The Hall–Kier alpha value is -0.610. The van der Waals surface area contributed by atoms with E-state index in [1.807, 2.05) is 6.92 Å². The van der Waals surface area contributed by atoms with E-state index in [4.69, 9.17) is 4.74 Å². The number of carbonyl (C=O) groups is 1. The van der Waals surface area contributed by atoms with Crippen LogP contribution in [0.5, 0.6) is 0 Å². The van der Waals surface area contributed by atoms with Crippen LogP contribution in [-0.2, 0) is 9.53 Å². The summed E-state index contributed by atoms with van der Waals surface area (Å²) in [6.07, 6.45) is 6.91. The Morgan fingerprint density at radius 2 is 1.80 bits per heavy atom. The van der Waals surface area contributed by atoms with Crippen LogP contribution in [0.1, 0.15) is 45.4 Å². The Labute approximate surface area is 123 Å². The van der Waals surface area contributed by atoms with E-state index in [1.165, 1.54) is 45.2 Å². The van der Waals surface area contributed by atoms with Gasteiger partial charge in [0.1, 0.15) is 0 Å². The highest BCUT2D eigenvalue weighted by Gasteiger charge is 2.36. The lowest BCUT2D eigenvalue weighted by molar-refractivity contribution is -0.134. The molecule has 4 nitrogen and oxygen atoms in total. The van der Waals surface area contributed by atoms with Gasteiger partial charge in [0.2, 0.25) is 5.91 Å². The zero-order chi connectivity index (χ0) is 14.4. The standard InChI is InChI=1S/C16H30N2O2/c1-3-20-14-5-15(19)18-12-8-16(9-13-18)6-4-10-17(2)11-7-16/h3-14H2,1-2H3. The van der Waals surface area contributed by atoms with Gasteiger partial charge in [-0.1, -0.05) is 0 Å². The third kappa shape index (κ3) is 4.19. The maximum absolute atomic E-state index is 12.1. The van der Waals surface area contributed by atoms with Crippen molar-refractivity contribution < 1.29 is 9.53 Å². The number of carbonyl (C=O) groups excluding carboxylic acids is 1. The maximum atomic E-state index is 12.1. The molecule has 0 bridgehead atoms. The molecule has 0 unspecified atom stereocenters. The highest BCUT2D eigenvalue weighted by Crippen LogP contribution is 2.41. The molecule has 0 aromatic carbocycles. The smallest absolute Gasteiger partial charge is 0.224 e. The Balaban J connectivity index is 1.78. The van der Waals surface area contributed by atoms with Crippen LogP contribution in [0.15, 0.2) is 0 Å². The Morgan fingerprint density at radius 1 is 1.10 bits per heavy atom. The number of piperidine rings is 1.